The van der Waals surface area contributed by atoms with E-state index in [1.165, 1.54) is 0 Å². The van der Waals surface area contributed by atoms with Gasteiger partial charge in [-0.3, -0.25) is 0 Å². The first-order valence-corrected chi connectivity index (χ1v) is 9.29. The summed E-state index contributed by atoms with van der Waals surface area (Å²) in [6.07, 6.45) is 4.12. The monoisotopic (exact) mass is 362 g/mol. The van der Waals surface area contributed by atoms with Crippen LogP contribution in [-0.4, -0.2) is 16.7 Å². The smallest absolute Gasteiger partial charge is 0.227 e. The van der Waals surface area contributed by atoms with Gasteiger partial charge in [0.05, 0.1) is 12.3 Å². The molecular weight excluding hydrogens is 340 g/mol. The number of unbranched alkanes of at least 4 members (excludes halogenated alkanes) is 2. The molecule has 27 heavy (non-hydrogen) atoms. The Kier molecular flexibility index (Phi) is 5.19. The van der Waals surface area contributed by atoms with Crippen LogP contribution >= 0.6 is 0 Å². The molecule has 0 saturated carbocycles. The van der Waals surface area contributed by atoms with Gasteiger partial charge in [-0.05, 0) is 62.6 Å². The van der Waals surface area contributed by atoms with Crippen molar-refractivity contribution in [2.45, 2.75) is 32.6 Å². The van der Waals surface area contributed by atoms with Crippen LogP contribution < -0.4 is 4.74 Å². The zero-order valence-electron chi connectivity index (χ0n) is 15.4. The number of para-hydroxylation sites is 2. The molecule has 0 unspecified atom stereocenters. The van der Waals surface area contributed by atoms with E-state index in [4.69, 9.17) is 13.7 Å². The molecular formula is C22H22N2O3. The van der Waals surface area contributed by atoms with Gasteiger partial charge in [0.25, 0.3) is 0 Å². The molecule has 0 spiro atoms. The van der Waals surface area contributed by atoms with Crippen LogP contribution in [0, 0.1) is 6.92 Å². The Morgan fingerprint density at radius 2 is 1.81 bits per heavy atom. The number of aromatic nitrogens is 2. The van der Waals surface area contributed by atoms with E-state index < -0.39 is 0 Å². The minimum atomic E-state index is 0.630. The summed E-state index contributed by atoms with van der Waals surface area (Å²) >= 11 is 0. The molecule has 0 saturated heterocycles. The van der Waals surface area contributed by atoms with E-state index >= 15 is 0 Å². The fourth-order valence-corrected chi connectivity index (χ4v) is 2.99. The third kappa shape index (κ3) is 4.37. The summed E-state index contributed by atoms with van der Waals surface area (Å²) in [5.41, 5.74) is 3.55. The van der Waals surface area contributed by atoms with Crippen LogP contribution in [0.15, 0.2) is 63.5 Å². The first-order chi connectivity index (χ1) is 13.3. The van der Waals surface area contributed by atoms with Crippen LogP contribution in [0.2, 0.25) is 0 Å². The van der Waals surface area contributed by atoms with Gasteiger partial charge >= 0.3 is 0 Å². The maximum Gasteiger partial charge on any atom is 0.227 e. The van der Waals surface area contributed by atoms with Crippen LogP contribution in [-0.2, 0) is 6.42 Å². The summed E-state index contributed by atoms with van der Waals surface area (Å²) in [6.45, 7) is 2.65. The molecule has 0 fully saturated rings. The van der Waals surface area contributed by atoms with Gasteiger partial charge in [-0.15, -0.1) is 0 Å². The summed E-state index contributed by atoms with van der Waals surface area (Å²) in [6, 6.07) is 17.6. The topological polar surface area (TPSA) is 61.3 Å². The Bertz CT molecular complexity index is 969. The van der Waals surface area contributed by atoms with E-state index in [2.05, 4.69) is 10.1 Å². The van der Waals surface area contributed by atoms with Gasteiger partial charge < -0.3 is 13.7 Å². The molecule has 0 radical (unpaired) electrons. The summed E-state index contributed by atoms with van der Waals surface area (Å²) in [5.74, 6) is 2.45. The van der Waals surface area contributed by atoms with Crippen LogP contribution in [0.4, 0.5) is 0 Å². The van der Waals surface area contributed by atoms with Gasteiger partial charge in [0.15, 0.2) is 5.58 Å². The Hall–Kier alpha value is -3.08. The van der Waals surface area contributed by atoms with Crippen molar-refractivity contribution in [3.8, 4) is 17.2 Å². The molecule has 2 aromatic carbocycles. The highest BCUT2D eigenvalue weighted by Gasteiger charge is 2.07. The lowest BCUT2D eigenvalue weighted by Gasteiger charge is -2.06. The molecule has 5 nitrogen and oxygen atoms in total. The maximum atomic E-state index is 5.83. The standard InChI is InChI=1S/C22H22N2O3/c1-16-15-19(27-24-16)7-3-2-6-14-25-18-12-10-17(11-13-18)22-23-20-8-4-5-9-21(20)26-22/h4-5,8-13,15H,2-3,6-7,14H2,1H3. The van der Waals surface area contributed by atoms with Crippen molar-refractivity contribution in [3.63, 3.8) is 0 Å². The molecule has 2 heterocycles. The third-order valence-corrected chi connectivity index (χ3v) is 4.41. The molecule has 0 bridgehead atoms. The predicted molar refractivity (Wildman–Crippen MR) is 104 cm³/mol. The number of benzene rings is 2. The van der Waals surface area contributed by atoms with Crippen molar-refractivity contribution < 1.29 is 13.7 Å². The molecule has 5 heteroatoms. The third-order valence-electron chi connectivity index (χ3n) is 4.41. The van der Waals surface area contributed by atoms with E-state index in [0.29, 0.717) is 12.5 Å². The first-order valence-electron chi connectivity index (χ1n) is 9.29. The highest BCUT2D eigenvalue weighted by molar-refractivity contribution is 5.76. The number of ether oxygens (including phenoxy) is 1. The Balaban J connectivity index is 1.23. The Labute approximate surface area is 158 Å². The maximum absolute atomic E-state index is 5.83. The van der Waals surface area contributed by atoms with E-state index in [0.717, 1.165) is 59.6 Å². The van der Waals surface area contributed by atoms with Crippen LogP contribution in [0.25, 0.3) is 22.6 Å². The second-order valence-corrected chi connectivity index (χ2v) is 6.60. The number of nitrogens with zero attached hydrogens (tertiary/aromatic N) is 2. The normalized spacial score (nSPS) is 11.1. The second-order valence-electron chi connectivity index (χ2n) is 6.60. The van der Waals surface area contributed by atoms with E-state index in [-0.39, 0.29) is 0 Å². The zero-order chi connectivity index (χ0) is 18.5. The number of hydrogen-bond donors (Lipinski definition) is 0. The summed E-state index contributed by atoms with van der Waals surface area (Å²) < 4.78 is 16.8. The number of oxazole rings is 1. The SMILES string of the molecule is Cc1cc(CCCCCOc2ccc(-c3nc4ccccc4o3)cc2)on1. The van der Waals surface area contributed by atoms with Crippen molar-refractivity contribution >= 4 is 11.1 Å². The molecule has 0 aliphatic carbocycles. The lowest BCUT2D eigenvalue weighted by Crippen LogP contribution is -1.97. The van der Waals surface area contributed by atoms with Gasteiger partial charge in [0, 0.05) is 18.1 Å². The molecule has 0 N–H and O–H groups in total. The molecule has 4 rings (SSSR count). The lowest BCUT2D eigenvalue weighted by molar-refractivity contribution is 0.303. The number of hydrogen-bond acceptors (Lipinski definition) is 5. The quantitative estimate of drug-likeness (QED) is 0.383. The number of fused-ring (bicyclic) bond motifs is 1. The van der Waals surface area contributed by atoms with E-state index in [9.17, 15) is 0 Å². The molecule has 0 aliphatic heterocycles. The number of aryl methyl sites for hydroxylation is 2. The van der Waals surface area contributed by atoms with Crippen LogP contribution in [0.5, 0.6) is 5.75 Å². The van der Waals surface area contributed by atoms with Crippen molar-refractivity contribution in [1.29, 1.82) is 0 Å². The average Bonchev–Trinajstić information content (AvgIpc) is 3.31. The van der Waals surface area contributed by atoms with Gasteiger partial charge in [0.1, 0.15) is 17.0 Å². The second kappa shape index (κ2) is 8.08. The Morgan fingerprint density at radius 3 is 2.59 bits per heavy atom. The Morgan fingerprint density at radius 1 is 0.963 bits per heavy atom. The fourth-order valence-electron chi connectivity index (χ4n) is 2.99. The van der Waals surface area contributed by atoms with Gasteiger partial charge in [-0.1, -0.05) is 17.3 Å². The largest absolute Gasteiger partial charge is 0.494 e. The van der Waals surface area contributed by atoms with Gasteiger partial charge in [-0.2, -0.15) is 0 Å². The number of rotatable bonds is 8. The van der Waals surface area contributed by atoms with Crippen molar-refractivity contribution in [1.82, 2.24) is 10.1 Å². The summed E-state index contributed by atoms with van der Waals surface area (Å²) in [4.78, 5) is 4.52. The van der Waals surface area contributed by atoms with E-state index in [1.54, 1.807) is 0 Å². The first kappa shape index (κ1) is 17.3. The van der Waals surface area contributed by atoms with Gasteiger partial charge in [0.2, 0.25) is 5.89 Å². The zero-order valence-corrected chi connectivity index (χ0v) is 15.4. The van der Waals surface area contributed by atoms with Crippen molar-refractivity contribution in [3.05, 3.63) is 66.1 Å². The highest BCUT2D eigenvalue weighted by Crippen LogP contribution is 2.25. The predicted octanol–water partition coefficient (Wildman–Crippen LogP) is 5.58. The minimum Gasteiger partial charge on any atom is -0.494 e. The van der Waals surface area contributed by atoms with Crippen molar-refractivity contribution in [2.24, 2.45) is 0 Å². The highest BCUT2D eigenvalue weighted by atomic mass is 16.5. The summed E-state index contributed by atoms with van der Waals surface area (Å²) in [5, 5.41) is 3.90. The van der Waals surface area contributed by atoms with Gasteiger partial charge in [-0.25, -0.2) is 4.98 Å². The molecule has 4 aromatic rings. The molecule has 0 amide bonds. The molecule has 0 atom stereocenters. The molecule has 2 aromatic heterocycles. The molecule has 138 valence electrons. The van der Waals surface area contributed by atoms with Crippen LogP contribution in [0.1, 0.15) is 30.7 Å². The fraction of sp³-hybridized carbons (Fsp3) is 0.273. The summed E-state index contributed by atoms with van der Waals surface area (Å²) in [7, 11) is 0. The van der Waals surface area contributed by atoms with Crippen molar-refractivity contribution in [2.75, 3.05) is 6.61 Å². The van der Waals surface area contributed by atoms with Crippen LogP contribution in [0.3, 0.4) is 0 Å². The minimum absolute atomic E-state index is 0.630. The molecule has 0 aliphatic rings. The van der Waals surface area contributed by atoms with E-state index in [1.807, 2.05) is 61.5 Å². The lowest BCUT2D eigenvalue weighted by atomic mass is 10.1. The average molecular weight is 362 g/mol.